The third-order valence-corrected chi connectivity index (χ3v) is 4.05. The van der Waals surface area contributed by atoms with E-state index in [1.54, 1.807) is 0 Å². The number of hydrogen-bond acceptors (Lipinski definition) is 3. The van der Waals surface area contributed by atoms with Gasteiger partial charge in [0.15, 0.2) is 0 Å². The maximum absolute atomic E-state index is 9.36. The zero-order valence-electron chi connectivity index (χ0n) is 11.8. The first-order valence-corrected chi connectivity index (χ1v) is 7.08. The van der Waals surface area contributed by atoms with Crippen molar-refractivity contribution in [1.29, 1.82) is 5.26 Å². The van der Waals surface area contributed by atoms with Gasteiger partial charge < -0.3 is 10.1 Å². The fourth-order valence-corrected chi connectivity index (χ4v) is 2.80. The highest BCUT2D eigenvalue weighted by molar-refractivity contribution is 5.33. The van der Waals surface area contributed by atoms with E-state index in [1.807, 2.05) is 25.2 Å². The molecule has 1 fully saturated rings. The first-order chi connectivity index (χ1) is 9.23. The lowest BCUT2D eigenvalue weighted by atomic mass is 9.81. The SMILES string of the molecule is CCc1ccccc1OC1CCCC(C#N)(NC)C1. The molecule has 1 saturated carbocycles. The molecule has 1 aliphatic rings. The Kier molecular flexibility index (Phi) is 4.44. The summed E-state index contributed by atoms with van der Waals surface area (Å²) in [7, 11) is 1.87. The molecule has 3 nitrogen and oxygen atoms in total. The lowest BCUT2D eigenvalue weighted by molar-refractivity contribution is 0.115. The molecular weight excluding hydrogens is 236 g/mol. The van der Waals surface area contributed by atoms with Gasteiger partial charge in [0.25, 0.3) is 0 Å². The largest absolute Gasteiger partial charge is 0.490 e. The van der Waals surface area contributed by atoms with Crippen LogP contribution in [0, 0.1) is 11.3 Å². The van der Waals surface area contributed by atoms with E-state index >= 15 is 0 Å². The molecule has 102 valence electrons. The lowest BCUT2D eigenvalue weighted by Gasteiger charge is -2.35. The molecule has 2 rings (SSSR count). The highest BCUT2D eigenvalue weighted by Gasteiger charge is 2.36. The van der Waals surface area contributed by atoms with Crippen LogP contribution in [0.4, 0.5) is 0 Å². The Bertz CT molecular complexity index is 466. The molecule has 0 heterocycles. The van der Waals surface area contributed by atoms with Crippen LogP contribution in [0.5, 0.6) is 5.75 Å². The molecule has 0 spiro atoms. The molecule has 0 amide bonds. The molecule has 19 heavy (non-hydrogen) atoms. The number of aryl methyl sites for hydroxylation is 1. The quantitative estimate of drug-likeness (QED) is 0.902. The van der Waals surface area contributed by atoms with Gasteiger partial charge in [-0.2, -0.15) is 5.26 Å². The van der Waals surface area contributed by atoms with Crippen LogP contribution < -0.4 is 10.1 Å². The Morgan fingerprint density at radius 2 is 2.26 bits per heavy atom. The molecule has 1 aromatic carbocycles. The van der Waals surface area contributed by atoms with Crippen molar-refractivity contribution in [1.82, 2.24) is 5.32 Å². The van der Waals surface area contributed by atoms with Gasteiger partial charge in [-0.05, 0) is 44.4 Å². The van der Waals surface area contributed by atoms with E-state index in [4.69, 9.17) is 4.74 Å². The van der Waals surface area contributed by atoms with Gasteiger partial charge in [0.1, 0.15) is 17.4 Å². The summed E-state index contributed by atoms with van der Waals surface area (Å²) in [6.45, 7) is 2.14. The summed E-state index contributed by atoms with van der Waals surface area (Å²) < 4.78 is 6.15. The summed E-state index contributed by atoms with van der Waals surface area (Å²) >= 11 is 0. The Hall–Kier alpha value is -1.53. The van der Waals surface area contributed by atoms with Crippen molar-refractivity contribution in [2.24, 2.45) is 0 Å². The summed E-state index contributed by atoms with van der Waals surface area (Å²) in [5.41, 5.74) is 0.824. The van der Waals surface area contributed by atoms with E-state index in [-0.39, 0.29) is 6.10 Å². The van der Waals surface area contributed by atoms with Crippen LogP contribution in [0.25, 0.3) is 0 Å². The van der Waals surface area contributed by atoms with E-state index in [1.165, 1.54) is 5.56 Å². The Labute approximate surface area is 115 Å². The maximum Gasteiger partial charge on any atom is 0.122 e. The Balaban J connectivity index is 2.09. The number of nitrogens with zero attached hydrogens (tertiary/aromatic N) is 1. The molecule has 0 aliphatic heterocycles. The highest BCUT2D eigenvalue weighted by atomic mass is 16.5. The second-order valence-electron chi connectivity index (χ2n) is 5.24. The molecule has 3 heteroatoms. The van der Waals surface area contributed by atoms with Crippen molar-refractivity contribution in [2.75, 3.05) is 7.05 Å². The number of rotatable bonds is 4. The third-order valence-electron chi connectivity index (χ3n) is 4.05. The van der Waals surface area contributed by atoms with E-state index in [0.29, 0.717) is 0 Å². The predicted molar refractivity (Wildman–Crippen MR) is 76.1 cm³/mol. The monoisotopic (exact) mass is 258 g/mol. The van der Waals surface area contributed by atoms with Gasteiger partial charge >= 0.3 is 0 Å². The number of nitrogens with one attached hydrogen (secondary N) is 1. The van der Waals surface area contributed by atoms with Gasteiger partial charge in [0, 0.05) is 6.42 Å². The van der Waals surface area contributed by atoms with Crippen LogP contribution in [0.3, 0.4) is 0 Å². The van der Waals surface area contributed by atoms with Crippen molar-refractivity contribution in [3.05, 3.63) is 29.8 Å². The molecular formula is C16H22N2O. The second kappa shape index (κ2) is 6.08. The summed E-state index contributed by atoms with van der Waals surface area (Å²) in [5.74, 6) is 0.972. The van der Waals surface area contributed by atoms with Crippen LogP contribution in [0.1, 0.15) is 38.2 Å². The molecule has 0 bridgehead atoms. The smallest absolute Gasteiger partial charge is 0.122 e. The summed E-state index contributed by atoms with van der Waals surface area (Å²) in [5, 5.41) is 12.5. The minimum atomic E-state index is -0.413. The van der Waals surface area contributed by atoms with Crippen LogP contribution in [0.15, 0.2) is 24.3 Å². The summed E-state index contributed by atoms with van der Waals surface area (Å²) in [4.78, 5) is 0. The first-order valence-electron chi connectivity index (χ1n) is 7.08. The first kappa shape index (κ1) is 13.9. The maximum atomic E-state index is 9.36. The Morgan fingerprint density at radius 3 is 2.95 bits per heavy atom. The number of benzene rings is 1. The second-order valence-corrected chi connectivity index (χ2v) is 5.24. The fourth-order valence-electron chi connectivity index (χ4n) is 2.80. The number of hydrogen-bond donors (Lipinski definition) is 1. The van der Waals surface area contributed by atoms with Gasteiger partial charge in [-0.15, -0.1) is 0 Å². The fraction of sp³-hybridized carbons (Fsp3) is 0.562. The van der Waals surface area contributed by atoms with E-state index in [2.05, 4.69) is 24.4 Å². The predicted octanol–water partition coefficient (Wildman–Crippen LogP) is 3.05. The van der Waals surface area contributed by atoms with Crippen molar-refractivity contribution in [3.8, 4) is 11.8 Å². The van der Waals surface area contributed by atoms with Crippen molar-refractivity contribution in [2.45, 2.75) is 50.7 Å². The van der Waals surface area contributed by atoms with E-state index < -0.39 is 5.54 Å². The molecule has 1 N–H and O–H groups in total. The third kappa shape index (κ3) is 3.08. The normalized spacial score (nSPS) is 26.7. The van der Waals surface area contributed by atoms with Crippen molar-refractivity contribution in [3.63, 3.8) is 0 Å². The van der Waals surface area contributed by atoms with Crippen LogP contribution >= 0.6 is 0 Å². The molecule has 1 aromatic rings. The van der Waals surface area contributed by atoms with Gasteiger partial charge in [-0.3, -0.25) is 0 Å². The summed E-state index contributed by atoms with van der Waals surface area (Å²) in [6.07, 6.45) is 4.84. The van der Waals surface area contributed by atoms with E-state index in [9.17, 15) is 5.26 Å². The average Bonchev–Trinajstić information content (AvgIpc) is 2.48. The lowest BCUT2D eigenvalue weighted by Crippen LogP contribution is -2.48. The Morgan fingerprint density at radius 1 is 1.47 bits per heavy atom. The van der Waals surface area contributed by atoms with Crippen LogP contribution in [0.2, 0.25) is 0 Å². The summed E-state index contributed by atoms with van der Waals surface area (Å²) in [6, 6.07) is 10.6. The number of para-hydroxylation sites is 1. The number of nitriles is 1. The van der Waals surface area contributed by atoms with Gasteiger partial charge in [-0.25, -0.2) is 0 Å². The van der Waals surface area contributed by atoms with E-state index in [0.717, 1.165) is 37.9 Å². The molecule has 2 unspecified atom stereocenters. The molecule has 0 saturated heterocycles. The standard InChI is InChI=1S/C16H22N2O/c1-3-13-7-4-5-9-15(13)19-14-8-6-10-16(11-14,12-17)18-2/h4-5,7,9,14,18H,3,6,8,10-11H2,1-2H3. The molecule has 1 aliphatic carbocycles. The minimum absolute atomic E-state index is 0.133. The van der Waals surface area contributed by atoms with Crippen molar-refractivity contribution < 1.29 is 4.74 Å². The van der Waals surface area contributed by atoms with Crippen molar-refractivity contribution >= 4 is 0 Å². The molecule has 0 aromatic heterocycles. The van der Waals surface area contributed by atoms with Crippen LogP contribution in [-0.2, 0) is 6.42 Å². The minimum Gasteiger partial charge on any atom is -0.490 e. The topological polar surface area (TPSA) is 45.0 Å². The molecule has 2 atom stereocenters. The zero-order chi connectivity index (χ0) is 13.7. The van der Waals surface area contributed by atoms with Crippen LogP contribution in [-0.4, -0.2) is 18.7 Å². The van der Waals surface area contributed by atoms with Gasteiger partial charge in [0.05, 0.1) is 6.07 Å². The van der Waals surface area contributed by atoms with Gasteiger partial charge in [-0.1, -0.05) is 25.1 Å². The average molecular weight is 258 g/mol. The zero-order valence-corrected chi connectivity index (χ0v) is 11.8. The molecule has 0 radical (unpaired) electrons. The van der Waals surface area contributed by atoms with Gasteiger partial charge in [0.2, 0.25) is 0 Å². The highest BCUT2D eigenvalue weighted by Crippen LogP contribution is 2.31. The number of ether oxygens (including phenoxy) is 1.